The number of ether oxygens (including phenoxy) is 5. The van der Waals surface area contributed by atoms with Crippen molar-refractivity contribution in [3.8, 4) is 28.4 Å². The summed E-state index contributed by atoms with van der Waals surface area (Å²) < 4.78 is 28.4. The van der Waals surface area contributed by atoms with Crippen LogP contribution in [0.3, 0.4) is 0 Å². The molecule has 7 heteroatoms. The van der Waals surface area contributed by atoms with Gasteiger partial charge in [0.15, 0.2) is 18.3 Å². The van der Waals surface area contributed by atoms with Gasteiger partial charge in [0.25, 0.3) is 0 Å². The van der Waals surface area contributed by atoms with E-state index in [0.717, 1.165) is 48.1 Å². The number of rotatable bonds is 10. The van der Waals surface area contributed by atoms with Crippen LogP contribution in [0.4, 0.5) is 0 Å². The Morgan fingerprint density at radius 2 is 1.78 bits per heavy atom. The molecule has 2 fully saturated rings. The molecule has 2 aromatic carbocycles. The standard InChI is InChI=1S/C30H37NO6/c1-6-20-11-12-27(36-19-33-3)25(14-20)23-17-28(34-4)29(35-5)18-24(23)26-16-22(37-30(32)7-2)15-21-10-8-9-13-31(21)26/h6-7,11-12,14,17-18,21-22,26H,1-2,8-10,13,15-16,19H2,3-5H3/t21-,22+,26+/m1/s1. The maximum absolute atomic E-state index is 12.1. The molecular formula is C30H37NO6. The molecule has 0 bridgehead atoms. The highest BCUT2D eigenvalue weighted by Gasteiger charge is 2.40. The predicted octanol–water partition coefficient (Wildman–Crippen LogP) is 5.78. The van der Waals surface area contributed by atoms with E-state index in [1.807, 2.05) is 24.3 Å². The predicted molar refractivity (Wildman–Crippen MR) is 144 cm³/mol. The fraction of sp³-hybridized carbons (Fsp3) is 0.433. The van der Waals surface area contributed by atoms with Crippen LogP contribution in [-0.4, -0.2) is 57.7 Å². The van der Waals surface area contributed by atoms with Crippen molar-refractivity contribution < 1.29 is 28.5 Å². The number of hydrogen-bond donors (Lipinski definition) is 0. The average Bonchev–Trinajstić information content (AvgIpc) is 2.94. The molecule has 0 unspecified atom stereocenters. The molecule has 0 radical (unpaired) electrons. The van der Waals surface area contributed by atoms with Gasteiger partial charge in [0, 0.05) is 43.7 Å². The van der Waals surface area contributed by atoms with Gasteiger partial charge in [-0.2, -0.15) is 0 Å². The van der Waals surface area contributed by atoms with Gasteiger partial charge in [0.05, 0.1) is 14.2 Å². The van der Waals surface area contributed by atoms with E-state index in [0.29, 0.717) is 29.7 Å². The smallest absolute Gasteiger partial charge is 0.330 e. The van der Waals surface area contributed by atoms with Gasteiger partial charge >= 0.3 is 5.97 Å². The third-order valence-corrected chi connectivity index (χ3v) is 7.32. The summed E-state index contributed by atoms with van der Waals surface area (Å²) in [5, 5.41) is 0. The van der Waals surface area contributed by atoms with Gasteiger partial charge in [-0.3, -0.25) is 4.90 Å². The van der Waals surface area contributed by atoms with Crippen LogP contribution in [0.1, 0.15) is 49.3 Å². The minimum absolute atomic E-state index is 0.0131. The Balaban J connectivity index is 1.89. The largest absolute Gasteiger partial charge is 0.493 e. The molecule has 198 valence electrons. The lowest BCUT2D eigenvalue weighted by Crippen LogP contribution is -2.49. The number of carbonyl (C=O) groups excluding carboxylic acids is 1. The highest BCUT2D eigenvalue weighted by atomic mass is 16.7. The fourth-order valence-corrected chi connectivity index (χ4v) is 5.62. The summed E-state index contributed by atoms with van der Waals surface area (Å²) in [5.41, 5.74) is 3.92. The van der Waals surface area contributed by atoms with Gasteiger partial charge in [0.2, 0.25) is 0 Å². The maximum Gasteiger partial charge on any atom is 0.330 e. The minimum atomic E-state index is -0.380. The molecule has 2 heterocycles. The van der Waals surface area contributed by atoms with E-state index >= 15 is 0 Å². The van der Waals surface area contributed by atoms with Crippen molar-refractivity contribution in [3.63, 3.8) is 0 Å². The van der Waals surface area contributed by atoms with Crippen LogP contribution in [-0.2, 0) is 14.3 Å². The van der Waals surface area contributed by atoms with Gasteiger partial charge in [-0.1, -0.05) is 31.7 Å². The molecule has 3 atom stereocenters. The summed E-state index contributed by atoms with van der Waals surface area (Å²) in [7, 11) is 4.88. The molecule has 2 aliphatic rings. The maximum atomic E-state index is 12.1. The van der Waals surface area contributed by atoms with Crippen molar-refractivity contribution in [2.75, 3.05) is 34.7 Å². The molecule has 0 amide bonds. The summed E-state index contributed by atoms with van der Waals surface area (Å²) in [5.74, 6) is 1.60. The molecular weight excluding hydrogens is 470 g/mol. The van der Waals surface area contributed by atoms with Crippen LogP contribution in [0.5, 0.6) is 17.2 Å². The van der Waals surface area contributed by atoms with Crippen molar-refractivity contribution in [2.24, 2.45) is 0 Å². The van der Waals surface area contributed by atoms with E-state index in [1.165, 1.54) is 12.5 Å². The van der Waals surface area contributed by atoms with Crippen LogP contribution in [0.25, 0.3) is 17.2 Å². The van der Waals surface area contributed by atoms with Crippen molar-refractivity contribution in [1.82, 2.24) is 4.90 Å². The van der Waals surface area contributed by atoms with Crippen LogP contribution in [0.2, 0.25) is 0 Å². The Kier molecular flexibility index (Phi) is 8.90. The van der Waals surface area contributed by atoms with Crippen molar-refractivity contribution in [1.29, 1.82) is 0 Å². The van der Waals surface area contributed by atoms with Gasteiger partial charge in [-0.05, 0) is 60.3 Å². The Labute approximate surface area is 219 Å². The monoisotopic (exact) mass is 507 g/mol. The number of fused-ring (bicyclic) bond motifs is 1. The number of esters is 1. The first-order valence-corrected chi connectivity index (χ1v) is 12.8. The molecule has 0 spiro atoms. The highest BCUT2D eigenvalue weighted by molar-refractivity contribution is 5.81. The zero-order valence-electron chi connectivity index (χ0n) is 22.0. The summed E-state index contributed by atoms with van der Waals surface area (Å²) in [4.78, 5) is 14.7. The number of nitrogens with zero attached hydrogens (tertiary/aromatic N) is 1. The molecule has 2 aliphatic heterocycles. The topological polar surface area (TPSA) is 66.5 Å². The Hall–Kier alpha value is -3.29. The van der Waals surface area contributed by atoms with E-state index in [1.54, 1.807) is 21.3 Å². The Morgan fingerprint density at radius 1 is 1.00 bits per heavy atom. The van der Waals surface area contributed by atoms with Gasteiger partial charge in [0.1, 0.15) is 11.9 Å². The third-order valence-electron chi connectivity index (χ3n) is 7.32. The molecule has 0 aromatic heterocycles. The van der Waals surface area contributed by atoms with Crippen LogP contribution < -0.4 is 14.2 Å². The molecule has 0 saturated carbocycles. The summed E-state index contributed by atoms with van der Waals surface area (Å²) in [6, 6.07) is 10.4. The van der Waals surface area contributed by atoms with Crippen molar-refractivity contribution >= 4 is 12.0 Å². The van der Waals surface area contributed by atoms with E-state index in [-0.39, 0.29) is 24.9 Å². The highest BCUT2D eigenvalue weighted by Crippen LogP contribution is 2.48. The van der Waals surface area contributed by atoms with Crippen LogP contribution in [0, 0.1) is 0 Å². The lowest BCUT2D eigenvalue weighted by molar-refractivity contribution is -0.148. The molecule has 4 rings (SSSR count). The van der Waals surface area contributed by atoms with Crippen molar-refractivity contribution in [2.45, 2.75) is 50.3 Å². The Bertz CT molecular complexity index is 1130. The molecule has 2 aromatic rings. The first kappa shape index (κ1) is 26.8. The fourth-order valence-electron chi connectivity index (χ4n) is 5.62. The summed E-state index contributed by atoms with van der Waals surface area (Å²) in [6.07, 6.45) is 7.75. The third kappa shape index (κ3) is 5.84. The van der Waals surface area contributed by atoms with Crippen molar-refractivity contribution in [3.05, 3.63) is 60.7 Å². The van der Waals surface area contributed by atoms with Gasteiger partial charge in [-0.25, -0.2) is 4.79 Å². The second kappa shape index (κ2) is 12.3. The summed E-state index contributed by atoms with van der Waals surface area (Å²) in [6.45, 7) is 8.66. The minimum Gasteiger partial charge on any atom is -0.493 e. The Morgan fingerprint density at radius 3 is 2.49 bits per heavy atom. The van der Waals surface area contributed by atoms with E-state index < -0.39 is 0 Å². The number of methoxy groups -OCH3 is 3. The lowest BCUT2D eigenvalue weighted by Gasteiger charge is -2.48. The second-order valence-corrected chi connectivity index (χ2v) is 9.44. The normalized spacial score (nSPS) is 21.4. The molecule has 0 N–H and O–H groups in total. The summed E-state index contributed by atoms with van der Waals surface area (Å²) >= 11 is 0. The molecule has 0 aliphatic carbocycles. The molecule has 2 saturated heterocycles. The first-order valence-electron chi connectivity index (χ1n) is 12.8. The number of benzene rings is 2. The SMILES string of the molecule is C=CC(=O)O[C@H]1C[C@H]2CCCCN2[C@H](c2cc(OC)c(OC)cc2-c2cc(C=C)ccc2OCOC)C1. The quantitative estimate of drug-likeness (QED) is 0.229. The lowest BCUT2D eigenvalue weighted by atomic mass is 9.81. The van der Waals surface area contributed by atoms with Crippen LogP contribution >= 0.6 is 0 Å². The average molecular weight is 508 g/mol. The first-order chi connectivity index (χ1) is 18.0. The van der Waals surface area contributed by atoms with Crippen LogP contribution in [0.15, 0.2) is 49.6 Å². The molecule has 37 heavy (non-hydrogen) atoms. The van der Waals surface area contributed by atoms with E-state index in [9.17, 15) is 4.79 Å². The number of carbonyl (C=O) groups is 1. The van der Waals surface area contributed by atoms with E-state index in [2.05, 4.69) is 30.2 Å². The zero-order chi connectivity index (χ0) is 26.4. The zero-order valence-corrected chi connectivity index (χ0v) is 22.0. The second-order valence-electron chi connectivity index (χ2n) is 9.44. The van der Waals surface area contributed by atoms with Gasteiger partial charge in [-0.15, -0.1) is 0 Å². The molecule has 7 nitrogen and oxygen atoms in total. The number of piperidine rings is 2. The van der Waals surface area contributed by atoms with Gasteiger partial charge < -0.3 is 23.7 Å². The van der Waals surface area contributed by atoms with E-state index in [4.69, 9.17) is 23.7 Å². The number of hydrogen-bond acceptors (Lipinski definition) is 7.